The fourth-order valence-corrected chi connectivity index (χ4v) is 4.63. The number of fused-ring (bicyclic) bond motifs is 4. The lowest BCUT2D eigenvalue weighted by molar-refractivity contribution is -0.00455. The van der Waals surface area contributed by atoms with Crippen LogP contribution in [0, 0.1) is 0 Å². The molecule has 0 fully saturated rings. The number of hydrogen-bond acceptors (Lipinski definition) is 4. The Morgan fingerprint density at radius 3 is 2.50 bits per heavy atom. The van der Waals surface area contributed by atoms with Crippen molar-refractivity contribution < 1.29 is 9.53 Å². The number of ether oxygens (including phenoxy) is 1. The molecule has 0 amide bonds. The van der Waals surface area contributed by atoms with Gasteiger partial charge in [0.2, 0.25) is 5.78 Å². The van der Waals surface area contributed by atoms with Crippen molar-refractivity contribution in [2.45, 2.75) is 18.7 Å². The molecule has 0 saturated heterocycles. The first-order valence-corrected chi connectivity index (χ1v) is 11.0. The van der Waals surface area contributed by atoms with Crippen molar-refractivity contribution in [1.82, 2.24) is 5.01 Å². The number of benzene rings is 4. The molecule has 0 bridgehead atoms. The fourth-order valence-electron chi connectivity index (χ4n) is 4.51. The molecule has 2 aliphatic heterocycles. The number of rotatable bonds is 3. The van der Waals surface area contributed by atoms with Crippen LogP contribution in [0.4, 0.5) is 0 Å². The van der Waals surface area contributed by atoms with Crippen LogP contribution in [0.3, 0.4) is 0 Å². The van der Waals surface area contributed by atoms with Gasteiger partial charge in [0.1, 0.15) is 5.75 Å². The topological polar surface area (TPSA) is 41.9 Å². The molecule has 0 spiro atoms. The van der Waals surface area contributed by atoms with Crippen LogP contribution in [0.5, 0.6) is 5.75 Å². The molecule has 2 aliphatic rings. The number of hydrogen-bond donors (Lipinski definition) is 0. The Labute approximate surface area is 190 Å². The molecule has 4 aromatic carbocycles. The maximum Gasteiger partial charge on any atom is 0.251 e. The quantitative estimate of drug-likeness (QED) is 0.355. The van der Waals surface area contributed by atoms with E-state index in [2.05, 4.69) is 36.4 Å². The van der Waals surface area contributed by atoms with Gasteiger partial charge in [0, 0.05) is 22.6 Å². The molecule has 4 nitrogen and oxygen atoms in total. The highest BCUT2D eigenvalue weighted by Crippen LogP contribution is 2.43. The molecule has 32 heavy (non-hydrogen) atoms. The van der Waals surface area contributed by atoms with Crippen molar-refractivity contribution >= 4 is 33.9 Å². The Morgan fingerprint density at radius 2 is 1.66 bits per heavy atom. The smallest absolute Gasteiger partial charge is 0.251 e. The number of carbonyl (C=O) groups excluding carboxylic acids is 1. The van der Waals surface area contributed by atoms with Gasteiger partial charge in [-0.1, -0.05) is 66.2 Å². The molecule has 5 heteroatoms. The zero-order chi connectivity index (χ0) is 21.7. The first kappa shape index (κ1) is 19.1. The Bertz CT molecular complexity index is 1380. The van der Waals surface area contributed by atoms with Crippen LogP contribution in [-0.2, 0) is 0 Å². The summed E-state index contributed by atoms with van der Waals surface area (Å²) in [5, 5.41) is 9.68. The molecule has 6 rings (SSSR count). The van der Waals surface area contributed by atoms with Crippen molar-refractivity contribution in [3.05, 3.63) is 113 Å². The Balaban J connectivity index is 1.42. The van der Waals surface area contributed by atoms with Crippen molar-refractivity contribution in [3.63, 3.8) is 0 Å². The van der Waals surface area contributed by atoms with Crippen LogP contribution in [0.25, 0.3) is 10.8 Å². The van der Waals surface area contributed by atoms with E-state index in [1.807, 2.05) is 35.3 Å². The van der Waals surface area contributed by atoms with Crippen LogP contribution in [0.15, 0.2) is 96.1 Å². The summed E-state index contributed by atoms with van der Waals surface area (Å²) in [6, 6.07) is 29.4. The molecule has 2 heterocycles. The number of halogens is 1. The maximum absolute atomic E-state index is 13.4. The monoisotopic (exact) mass is 438 g/mol. The van der Waals surface area contributed by atoms with Gasteiger partial charge in [0.25, 0.3) is 6.23 Å². The minimum absolute atomic E-state index is 0.0531. The van der Waals surface area contributed by atoms with Gasteiger partial charge in [0.15, 0.2) is 0 Å². The molecule has 0 saturated carbocycles. The second-order valence-electron chi connectivity index (χ2n) is 8.09. The van der Waals surface area contributed by atoms with E-state index in [1.165, 1.54) is 10.8 Å². The van der Waals surface area contributed by atoms with E-state index in [-0.39, 0.29) is 11.8 Å². The summed E-state index contributed by atoms with van der Waals surface area (Å²) in [7, 11) is 0. The van der Waals surface area contributed by atoms with Crippen molar-refractivity contribution in [2.75, 3.05) is 0 Å². The van der Waals surface area contributed by atoms with E-state index >= 15 is 0 Å². The number of hydrazone groups is 1. The number of carbonyl (C=O) groups is 1. The minimum atomic E-state index is -0.825. The predicted octanol–water partition coefficient (Wildman–Crippen LogP) is 6.25. The lowest BCUT2D eigenvalue weighted by Crippen LogP contribution is -2.45. The van der Waals surface area contributed by atoms with Gasteiger partial charge in [-0.05, 0) is 52.7 Å². The van der Waals surface area contributed by atoms with Gasteiger partial charge in [-0.25, -0.2) is 5.01 Å². The molecule has 0 aromatic heterocycles. The summed E-state index contributed by atoms with van der Waals surface area (Å²) in [5.74, 6) is 0.598. The van der Waals surface area contributed by atoms with Crippen molar-refractivity contribution in [2.24, 2.45) is 5.10 Å². The standard InChI is InChI=1S/C27H19ClN2O2/c28-21-13-11-18(12-14-21)26(31)27-30-24(22-7-3-4-8-25(22)32-27)16-23(29-30)20-10-9-17-5-1-2-6-19(17)15-20/h1-15,24,27H,16H2/t24-,27+/m0/s1. The zero-order valence-corrected chi connectivity index (χ0v) is 17.9. The first-order chi connectivity index (χ1) is 15.7. The fraction of sp³-hybridized carbons (Fsp3) is 0.111. The molecular weight excluding hydrogens is 420 g/mol. The van der Waals surface area contributed by atoms with Crippen LogP contribution in [-0.4, -0.2) is 22.7 Å². The third-order valence-corrected chi connectivity index (χ3v) is 6.39. The number of para-hydroxylation sites is 1. The van der Waals surface area contributed by atoms with Crippen LogP contribution in [0.1, 0.15) is 33.9 Å². The van der Waals surface area contributed by atoms with E-state index in [1.54, 1.807) is 24.3 Å². The van der Waals surface area contributed by atoms with Crippen LogP contribution < -0.4 is 4.74 Å². The Hall–Kier alpha value is -3.63. The molecule has 156 valence electrons. The van der Waals surface area contributed by atoms with Crippen LogP contribution in [0.2, 0.25) is 5.02 Å². The number of ketones is 1. The molecular formula is C27H19ClN2O2. The summed E-state index contributed by atoms with van der Waals surface area (Å²) in [6.45, 7) is 0. The lowest BCUT2D eigenvalue weighted by atomic mass is 9.95. The third kappa shape index (κ3) is 3.15. The molecule has 0 aliphatic carbocycles. The third-order valence-electron chi connectivity index (χ3n) is 6.13. The van der Waals surface area contributed by atoms with E-state index in [0.717, 1.165) is 22.6 Å². The maximum atomic E-state index is 13.4. The Morgan fingerprint density at radius 1 is 0.906 bits per heavy atom. The second-order valence-corrected chi connectivity index (χ2v) is 8.52. The molecule has 4 aromatic rings. The normalized spacial score (nSPS) is 19.2. The first-order valence-electron chi connectivity index (χ1n) is 10.6. The zero-order valence-electron chi connectivity index (χ0n) is 17.1. The number of nitrogens with zero attached hydrogens (tertiary/aromatic N) is 2. The largest absolute Gasteiger partial charge is 0.461 e. The van der Waals surface area contributed by atoms with Gasteiger partial charge < -0.3 is 4.74 Å². The summed E-state index contributed by atoms with van der Waals surface area (Å²) in [6.07, 6.45) is -0.114. The highest BCUT2D eigenvalue weighted by atomic mass is 35.5. The Kier molecular flexibility index (Phi) is 4.47. The summed E-state index contributed by atoms with van der Waals surface area (Å²) >= 11 is 6.01. The van der Waals surface area contributed by atoms with E-state index in [0.29, 0.717) is 17.0 Å². The van der Waals surface area contributed by atoms with E-state index < -0.39 is 6.23 Å². The second kappa shape index (κ2) is 7.50. The minimum Gasteiger partial charge on any atom is -0.461 e. The van der Waals surface area contributed by atoms with E-state index in [9.17, 15) is 4.79 Å². The highest BCUT2D eigenvalue weighted by Gasteiger charge is 2.43. The highest BCUT2D eigenvalue weighted by molar-refractivity contribution is 6.30. The summed E-state index contributed by atoms with van der Waals surface area (Å²) in [4.78, 5) is 13.4. The van der Waals surface area contributed by atoms with Crippen molar-refractivity contribution in [3.8, 4) is 5.75 Å². The molecule has 0 unspecified atom stereocenters. The van der Waals surface area contributed by atoms with Gasteiger partial charge in [0.05, 0.1) is 11.8 Å². The average molecular weight is 439 g/mol. The van der Waals surface area contributed by atoms with Crippen LogP contribution >= 0.6 is 11.6 Å². The molecule has 2 atom stereocenters. The van der Waals surface area contributed by atoms with Gasteiger partial charge >= 0.3 is 0 Å². The van der Waals surface area contributed by atoms with Gasteiger partial charge in [-0.2, -0.15) is 5.10 Å². The van der Waals surface area contributed by atoms with Crippen molar-refractivity contribution in [1.29, 1.82) is 0 Å². The molecule has 0 N–H and O–H groups in total. The SMILES string of the molecule is O=C(c1ccc(Cl)cc1)[C@H]1Oc2ccccc2[C@@H]2CC(c3ccc4ccccc4c3)=NN12. The van der Waals surface area contributed by atoms with E-state index in [4.69, 9.17) is 21.4 Å². The van der Waals surface area contributed by atoms with Gasteiger partial charge in [-0.3, -0.25) is 4.79 Å². The average Bonchev–Trinajstić information content (AvgIpc) is 3.29. The predicted molar refractivity (Wildman–Crippen MR) is 126 cm³/mol. The summed E-state index contributed by atoms with van der Waals surface area (Å²) in [5.41, 5.74) is 3.61. The lowest BCUT2D eigenvalue weighted by Gasteiger charge is -2.37. The summed E-state index contributed by atoms with van der Waals surface area (Å²) < 4.78 is 6.18. The number of Topliss-reactive ketones (excluding diaryl/α,β-unsaturated/α-hetero) is 1. The van der Waals surface area contributed by atoms with Gasteiger partial charge in [-0.15, -0.1) is 0 Å². The molecule has 0 radical (unpaired) electrons.